The summed E-state index contributed by atoms with van der Waals surface area (Å²) in [7, 11) is 0. The third-order valence-corrected chi connectivity index (χ3v) is 4.81. The molecular formula is C20H25N3O. The monoisotopic (exact) mass is 323 g/mol. The quantitative estimate of drug-likeness (QED) is 0.930. The first-order chi connectivity index (χ1) is 11.6. The summed E-state index contributed by atoms with van der Waals surface area (Å²) in [5.74, 6) is 0.743. The maximum absolute atomic E-state index is 12.2. The van der Waals surface area contributed by atoms with Gasteiger partial charge in [0.2, 0.25) is 0 Å². The van der Waals surface area contributed by atoms with Crippen molar-refractivity contribution in [1.29, 1.82) is 0 Å². The van der Waals surface area contributed by atoms with Crippen LogP contribution in [0.1, 0.15) is 48.7 Å². The highest BCUT2D eigenvalue weighted by atomic mass is 16.1. The maximum Gasteiger partial charge on any atom is 0.253 e. The van der Waals surface area contributed by atoms with Crippen LogP contribution in [-0.2, 0) is 0 Å². The second-order valence-corrected chi connectivity index (χ2v) is 6.70. The van der Waals surface area contributed by atoms with Crippen LogP contribution >= 0.6 is 0 Å². The summed E-state index contributed by atoms with van der Waals surface area (Å²) >= 11 is 0. The van der Waals surface area contributed by atoms with Crippen LogP contribution in [0.3, 0.4) is 0 Å². The Morgan fingerprint density at radius 1 is 1.21 bits per heavy atom. The molecule has 0 aliphatic carbocycles. The molecule has 1 unspecified atom stereocenters. The second-order valence-electron chi connectivity index (χ2n) is 6.70. The van der Waals surface area contributed by atoms with Crippen molar-refractivity contribution in [2.24, 2.45) is 5.92 Å². The molecule has 0 radical (unpaired) electrons. The van der Waals surface area contributed by atoms with Crippen LogP contribution in [0.15, 0.2) is 48.8 Å². The third kappa shape index (κ3) is 3.94. The van der Waals surface area contributed by atoms with Gasteiger partial charge in [0.15, 0.2) is 0 Å². The lowest BCUT2D eigenvalue weighted by Crippen LogP contribution is -2.32. The highest BCUT2D eigenvalue weighted by Crippen LogP contribution is 2.24. The van der Waals surface area contributed by atoms with Gasteiger partial charge in [-0.05, 0) is 55.5 Å². The molecule has 1 aromatic carbocycles. The van der Waals surface area contributed by atoms with Crippen molar-refractivity contribution >= 4 is 11.6 Å². The Hall–Kier alpha value is -2.36. The number of nitrogens with zero attached hydrogens (tertiary/aromatic N) is 2. The van der Waals surface area contributed by atoms with Gasteiger partial charge >= 0.3 is 0 Å². The molecule has 2 aromatic rings. The Bertz CT molecular complexity index is 661. The summed E-state index contributed by atoms with van der Waals surface area (Å²) in [5, 5.41) is 3.02. The minimum absolute atomic E-state index is 0.0341. The summed E-state index contributed by atoms with van der Waals surface area (Å²) in [5.41, 5.74) is 2.97. The number of anilines is 1. The van der Waals surface area contributed by atoms with Crippen molar-refractivity contribution in [1.82, 2.24) is 10.3 Å². The van der Waals surface area contributed by atoms with Gasteiger partial charge in [0.05, 0.1) is 11.6 Å². The van der Waals surface area contributed by atoms with Gasteiger partial charge < -0.3 is 10.2 Å². The number of hydrogen-bond donors (Lipinski definition) is 1. The minimum atomic E-state index is -0.0929. The minimum Gasteiger partial charge on any atom is -0.372 e. The van der Waals surface area contributed by atoms with Crippen LogP contribution in [0.5, 0.6) is 0 Å². The van der Waals surface area contributed by atoms with E-state index in [1.54, 1.807) is 24.5 Å². The highest BCUT2D eigenvalue weighted by molar-refractivity contribution is 5.94. The van der Waals surface area contributed by atoms with Gasteiger partial charge in [-0.15, -0.1) is 0 Å². The molecule has 1 aliphatic rings. The van der Waals surface area contributed by atoms with E-state index in [1.807, 2.05) is 6.92 Å². The average molecular weight is 323 g/mol. The van der Waals surface area contributed by atoms with Gasteiger partial charge in [0, 0.05) is 31.2 Å². The van der Waals surface area contributed by atoms with Crippen LogP contribution < -0.4 is 10.2 Å². The van der Waals surface area contributed by atoms with Crippen molar-refractivity contribution in [2.75, 3.05) is 18.0 Å². The molecule has 1 aromatic heterocycles. The van der Waals surface area contributed by atoms with Crippen LogP contribution in [0.4, 0.5) is 5.69 Å². The molecule has 4 nitrogen and oxygen atoms in total. The molecule has 0 bridgehead atoms. The number of piperidine rings is 1. The standard InChI is InChI=1S/C20H25N3O/c1-15-9-12-23(13-10-15)19-7-5-17(6-8-19)16(2)22-20(24)18-4-3-11-21-14-18/h3-8,11,14-16H,9-10,12-13H2,1-2H3,(H,22,24). The molecule has 4 heteroatoms. The molecule has 2 heterocycles. The fourth-order valence-electron chi connectivity index (χ4n) is 3.10. The number of nitrogens with one attached hydrogen (secondary N) is 1. The Labute approximate surface area is 143 Å². The summed E-state index contributed by atoms with van der Waals surface area (Å²) in [6, 6.07) is 12.1. The van der Waals surface area contributed by atoms with E-state index in [4.69, 9.17) is 0 Å². The van der Waals surface area contributed by atoms with Gasteiger partial charge in [-0.1, -0.05) is 19.1 Å². The van der Waals surface area contributed by atoms with Gasteiger partial charge in [-0.2, -0.15) is 0 Å². The van der Waals surface area contributed by atoms with Crippen molar-refractivity contribution in [3.05, 3.63) is 59.9 Å². The predicted octanol–water partition coefficient (Wildman–Crippen LogP) is 3.81. The zero-order valence-corrected chi connectivity index (χ0v) is 14.4. The zero-order chi connectivity index (χ0) is 16.9. The Balaban J connectivity index is 1.61. The number of carbonyl (C=O) groups is 1. The zero-order valence-electron chi connectivity index (χ0n) is 14.4. The number of pyridine rings is 1. The van der Waals surface area contributed by atoms with E-state index in [-0.39, 0.29) is 11.9 Å². The van der Waals surface area contributed by atoms with Crippen molar-refractivity contribution < 1.29 is 4.79 Å². The van der Waals surface area contributed by atoms with Crippen molar-refractivity contribution in [2.45, 2.75) is 32.7 Å². The van der Waals surface area contributed by atoms with Gasteiger partial charge in [0.25, 0.3) is 5.91 Å². The summed E-state index contributed by atoms with van der Waals surface area (Å²) < 4.78 is 0. The molecule has 24 heavy (non-hydrogen) atoms. The number of benzene rings is 1. The van der Waals surface area contributed by atoms with Gasteiger partial charge in [-0.3, -0.25) is 9.78 Å². The summed E-state index contributed by atoms with van der Waals surface area (Å²) in [4.78, 5) is 18.6. The fourth-order valence-corrected chi connectivity index (χ4v) is 3.10. The molecule has 1 atom stereocenters. The van der Waals surface area contributed by atoms with E-state index < -0.39 is 0 Å². The molecular weight excluding hydrogens is 298 g/mol. The molecule has 1 fully saturated rings. The molecule has 1 amide bonds. The fraction of sp³-hybridized carbons (Fsp3) is 0.400. The van der Waals surface area contributed by atoms with Crippen LogP contribution in [-0.4, -0.2) is 24.0 Å². The molecule has 0 saturated carbocycles. The first-order valence-corrected chi connectivity index (χ1v) is 8.69. The molecule has 1 N–H and O–H groups in total. The maximum atomic E-state index is 12.2. The summed E-state index contributed by atoms with van der Waals surface area (Å²) in [6.45, 7) is 6.60. The van der Waals surface area contributed by atoms with Crippen molar-refractivity contribution in [3.8, 4) is 0 Å². The lowest BCUT2D eigenvalue weighted by atomic mass is 9.98. The lowest BCUT2D eigenvalue weighted by molar-refractivity contribution is 0.0939. The van der Waals surface area contributed by atoms with E-state index in [1.165, 1.54) is 18.5 Å². The molecule has 126 valence electrons. The van der Waals surface area contributed by atoms with Crippen molar-refractivity contribution in [3.63, 3.8) is 0 Å². The second kappa shape index (κ2) is 7.47. The topological polar surface area (TPSA) is 45.2 Å². The third-order valence-electron chi connectivity index (χ3n) is 4.81. The highest BCUT2D eigenvalue weighted by Gasteiger charge is 2.16. The number of amides is 1. The molecule has 0 spiro atoms. The molecule has 3 rings (SSSR count). The number of hydrogen-bond acceptors (Lipinski definition) is 3. The van der Waals surface area contributed by atoms with Crippen LogP contribution in [0, 0.1) is 5.92 Å². The van der Waals surface area contributed by atoms with E-state index in [0.29, 0.717) is 5.56 Å². The average Bonchev–Trinajstić information content (AvgIpc) is 2.63. The Morgan fingerprint density at radius 3 is 2.54 bits per heavy atom. The Kier molecular flexibility index (Phi) is 5.14. The van der Waals surface area contributed by atoms with E-state index >= 15 is 0 Å². The van der Waals surface area contributed by atoms with Crippen LogP contribution in [0.2, 0.25) is 0 Å². The first kappa shape index (κ1) is 16.5. The van der Waals surface area contributed by atoms with E-state index in [0.717, 1.165) is 24.6 Å². The summed E-state index contributed by atoms with van der Waals surface area (Å²) in [6.07, 6.45) is 5.78. The first-order valence-electron chi connectivity index (χ1n) is 8.69. The largest absolute Gasteiger partial charge is 0.372 e. The lowest BCUT2D eigenvalue weighted by Gasteiger charge is -2.32. The number of carbonyl (C=O) groups excluding carboxylic acids is 1. The van der Waals surface area contributed by atoms with E-state index in [9.17, 15) is 4.79 Å². The van der Waals surface area contributed by atoms with Crippen LogP contribution in [0.25, 0.3) is 0 Å². The Morgan fingerprint density at radius 2 is 1.92 bits per heavy atom. The van der Waals surface area contributed by atoms with E-state index in [2.05, 4.69) is 46.4 Å². The molecule has 1 saturated heterocycles. The SMILES string of the molecule is CC1CCN(c2ccc(C(C)NC(=O)c3cccnc3)cc2)CC1. The number of aromatic nitrogens is 1. The molecule has 1 aliphatic heterocycles. The predicted molar refractivity (Wildman–Crippen MR) is 97.2 cm³/mol. The van der Waals surface area contributed by atoms with Gasteiger partial charge in [-0.25, -0.2) is 0 Å². The normalized spacial score (nSPS) is 16.7. The smallest absolute Gasteiger partial charge is 0.253 e. The van der Waals surface area contributed by atoms with Gasteiger partial charge in [0.1, 0.15) is 0 Å². The number of rotatable bonds is 4.